The monoisotopic (exact) mass is 267 g/mol. The van der Waals surface area contributed by atoms with E-state index < -0.39 is 18.7 Å². The maximum Gasteiger partial charge on any atom is 0.320 e. The summed E-state index contributed by atoms with van der Waals surface area (Å²) in [7, 11) is 0. The van der Waals surface area contributed by atoms with Crippen LogP contribution in [0.25, 0.3) is 0 Å². The third-order valence-corrected chi connectivity index (χ3v) is 3.23. The Balaban J connectivity index is 2.17. The fourth-order valence-corrected chi connectivity index (χ4v) is 2.12. The van der Waals surface area contributed by atoms with Crippen LogP contribution in [0.4, 0.5) is 4.39 Å². The van der Waals surface area contributed by atoms with E-state index in [1.165, 1.54) is 0 Å². The van der Waals surface area contributed by atoms with E-state index in [1.807, 2.05) is 6.07 Å². The summed E-state index contributed by atoms with van der Waals surface area (Å²) in [5.41, 5.74) is 7.63. The molecule has 1 aliphatic rings. The molecule has 5 heteroatoms. The molecule has 0 unspecified atom stereocenters. The normalized spacial score (nSPS) is 16.1. The van der Waals surface area contributed by atoms with Crippen molar-refractivity contribution in [2.45, 2.75) is 31.2 Å². The minimum absolute atomic E-state index is 0.00714. The van der Waals surface area contributed by atoms with Crippen LogP contribution in [0, 0.1) is 0 Å². The molecule has 1 aromatic rings. The molecular formula is C14H18FNO3. The number of carbonyl (C=O) groups is 1. The molecule has 1 aromatic carbocycles. The number of benzene rings is 1. The fourth-order valence-electron chi connectivity index (χ4n) is 2.12. The first-order chi connectivity index (χ1) is 9.11. The molecule has 19 heavy (non-hydrogen) atoms. The molecule has 1 fully saturated rings. The first kappa shape index (κ1) is 13.8. The second kappa shape index (κ2) is 6.02. The van der Waals surface area contributed by atoms with E-state index in [4.69, 9.17) is 15.6 Å². The zero-order valence-corrected chi connectivity index (χ0v) is 10.6. The average Bonchev–Trinajstić information content (AvgIpc) is 3.20. The molecule has 0 saturated heterocycles. The van der Waals surface area contributed by atoms with Crippen LogP contribution in [0.3, 0.4) is 0 Å². The van der Waals surface area contributed by atoms with Crippen LogP contribution < -0.4 is 10.5 Å². The standard InChI is InChI=1S/C14H18FNO3/c15-5-6-19-11-3-4-12(9-1-2-9)10(7-11)8-13(16)14(17)18/h3-4,7,9,13H,1-2,5-6,8,16H2,(H,17,18)/t13-/m1/s1. The number of halogens is 1. The maximum absolute atomic E-state index is 12.1. The van der Waals surface area contributed by atoms with Crippen molar-refractivity contribution in [3.8, 4) is 5.75 Å². The quantitative estimate of drug-likeness (QED) is 0.791. The van der Waals surface area contributed by atoms with Gasteiger partial charge in [-0.05, 0) is 48.4 Å². The SMILES string of the molecule is N[C@H](Cc1cc(OCCF)ccc1C1CC1)C(=O)O. The van der Waals surface area contributed by atoms with Gasteiger partial charge >= 0.3 is 5.97 Å². The van der Waals surface area contributed by atoms with E-state index in [1.54, 1.807) is 12.1 Å². The van der Waals surface area contributed by atoms with Crippen LogP contribution in [-0.2, 0) is 11.2 Å². The van der Waals surface area contributed by atoms with Crippen LogP contribution in [0.2, 0.25) is 0 Å². The van der Waals surface area contributed by atoms with Crippen molar-refractivity contribution < 1.29 is 19.0 Å². The number of carboxylic acids is 1. The van der Waals surface area contributed by atoms with Gasteiger partial charge in [-0.2, -0.15) is 0 Å². The number of carboxylic acid groups (broad SMARTS) is 1. The number of rotatable bonds is 7. The highest BCUT2D eigenvalue weighted by atomic mass is 19.1. The first-order valence-corrected chi connectivity index (χ1v) is 6.41. The van der Waals surface area contributed by atoms with Gasteiger partial charge in [0.1, 0.15) is 25.1 Å². The summed E-state index contributed by atoms with van der Waals surface area (Å²) >= 11 is 0. The van der Waals surface area contributed by atoms with Crippen LogP contribution in [0.15, 0.2) is 18.2 Å². The third kappa shape index (κ3) is 3.67. The summed E-state index contributed by atoms with van der Waals surface area (Å²) in [5, 5.41) is 8.89. The van der Waals surface area contributed by atoms with Gasteiger partial charge in [-0.3, -0.25) is 4.79 Å². The lowest BCUT2D eigenvalue weighted by molar-refractivity contribution is -0.138. The molecule has 1 aliphatic carbocycles. The number of hydrogen-bond donors (Lipinski definition) is 2. The van der Waals surface area contributed by atoms with Crippen LogP contribution >= 0.6 is 0 Å². The smallest absolute Gasteiger partial charge is 0.320 e. The van der Waals surface area contributed by atoms with Gasteiger partial charge in [-0.25, -0.2) is 4.39 Å². The molecule has 0 amide bonds. The zero-order valence-electron chi connectivity index (χ0n) is 10.6. The lowest BCUT2D eigenvalue weighted by Crippen LogP contribution is -2.32. The van der Waals surface area contributed by atoms with Crippen LogP contribution in [-0.4, -0.2) is 30.4 Å². The van der Waals surface area contributed by atoms with Gasteiger partial charge in [0.25, 0.3) is 0 Å². The van der Waals surface area contributed by atoms with E-state index >= 15 is 0 Å². The Morgan fingerprint density at radius 3 is 2.84 bits per heavy atom. The van der Waals surface area contributed by atoms with E-state index in [0.29, 0.717) is 11.7 Å². The third-order valence-electron chi connectivity index (χ3n) is 3.23. The first-order valence-electron chi connectivity index (χ1n) is 6.41. The van der Waals surface area contributed by atoms with Crippen molar-refractivity contribution in [2.75, 3.05) is 13.3 Å². The number of nitrogens with two attached hydrogens (primary N) is 1. The Morgan fingerprint density at radius 1 is 1.53 bits per heavy atom. The van der Waals surface area contributed by atoms with Gasteiger partial charge in [-0.1, -0.05) is 6.07 Å². The molecule has 0 aliphatic heterocycles. The number of aliphatic carboxylic acids is 1. The van der Waals surface area contributed by atoms with Crippen LogP contribution in [0.1, 0.15) is 29.9 Å². The van der Waals surface area contributed by atoms with Crippen molar-refractivity contribution in [2.24, 2.45) is 5.73 Å². The lowest BCUT2D eigenvalue weighted by atomic mass is 9.97. The maximum atomic E-state index is 12.1. The van der Waals surface area contributed by atoms with Gasteiger partial charge < -0.3 is 15.6 Å². The second-order valence-corrected chi connectivity index (χ2v) is 4.82. The Morgan fingerprint density at radius 2 is 2.26 bits per heavy atom. The van der Waals surface area contributed by atoms with Crippen LogP contribution in [0.5, 0.6) is 5.75 Å². The number of hydrogen-bond acceptors (Lipinski definition) is 3. The van der Waals surface area contributed by atoms with Crippen molar-refractivity contribution >= 4 is 5.97 Å². The molecule has 4 nitrogen and oxygen atoms in total. The topological polar surface area (TPSA) is 72.5 Å². The van der Waals surface area contributed by atoms with E-state index in [-0.39, 0.29) is 13.0 Å². The predicted octanol–water partition coefficient (Wildman–Crippen LogP) is 1.87. The Kier molecular flexibility index (Phi) is 4.37. The largest absolute Gasteiger partial charge is 0.491 e. The predicted molar refractivity (Wildman–Crippen MR) is 69.2 cm³/mol. The van der Waals surface area contributed by atoms with Gasteiger partial charge in [0, 0.05) is 0 Å². The minimum atomic E-state index is -1.02. The number of ether oxygens (including phenoxy) is 1. The summed E-state index contributed by atoms with van der Waals surface area (Å²) in [6.45, 7) is -0.540. The second-order valence-electron chi connectivity index (χ2n) is 4.82. The van der Waals surface area contributed by atoms with Crippen molar-refractivity contribution in [1.82, 2.24) is 0 Å². The van der Waals surface area contributed by atoms with Gasteiger partial charge in [0.05, 0.1) is 0 Å². The molecule has 0 aromatic heterocycles. The zero-order chi connectivity index (χ0) is 13.8. The van der Waals surface area contributed by atoms with Crippen molar-refractivity contribution in [3.05, 3.63) is 29.3 Å². The minimum Gasteiger partial charge on any atom is -0.491 e. The molecule has 3 N–H and O–H groups in total. The Labute approximate surface area is 111 Å². The number of alkyl halides is 1. The molecule has 0 bridgehead atoms. The average molecular weight is 267 g/mol. The summed E-state index contributed by atoms with van der Waals surface area (Å²) in [6, 6.07) is 4.61. The molecule has 1 saturated carbocycles. The van der Waals surface area contributed by atoms with Gasteiger partial charge in [0.15, 0.2) is 0 Å². The Bertz CT molecular complexity index is 460. The van der Waals surface area contributed by atoms with Gasteiger partial charge in [0.2, 0.25) is 0 Å². The molecule has 1 atom stereocenters. The molecule has 0 heterocycles. The summed E-state index contributed by atoms with van der Waals surface area (Å²) in [5.74, 6) is 0.0534. The summed E-state index contributed by atoms with van der Waals surface area (Å²) in [6.07, 6.45) is 2.52. The summed E-state index contributed by atoms with van der Waals surface area (Å²) < 4.78 is 17.3. The molecule has 0 radical (unpaired) electrons. The van der Waals surface area contributed by atoms with Crippen molar-refractivity contribution in [3.63, 3.8) is 0 Å². The molecule has 2 rings (SSSR count). The van der Waals surface area contributed by atoms with E-state index in [9.17, 15) is 9.18 Å². The molecule has 104 valence electrons. The Hall–Kier alpha value is -1.62. The highest BCUT2D eigenvalue weighted by Crippen LogP contribution is 2.42. The van der Waals surface area contributed by atoms with Gasteiger partial charge in [-0.15, -0.1) is 0 Å². The highest BCUT2D eigenvalue weighted by Gasteiger charge is 2.27. The summed E-state index contributed by atoms with van der Waals surface area (Å²) in [4.78, 5) is 10.9. The molecule has 0 spiro atoms. The fraction of sp³-hybridized carbons (Fsp3) is 0.500. The lowest BCUT2D eigenvalue weighted by Gasteiger charge is -2.14. The van der Waals surface area contributed by atoms with E-state index in [2.05, 4.69) is 0 Å². The molecular weight excluding hydrogens is 249 g/mol. The van der Waals surface area contributed by atoms with Crippen molar-refractivity contribution in [1.29, 1.82) is 0 Å². The van der Waals surface area contributed by atoms with E-state index in [0.717, 1.165) is 24.0 Å². The highest BCUT2D eigenvalue weighted by molar-refractivity contribution is 5.73.